The SMILES string of the molecule is COc1cc(Cl)c(NC(=O)CSc2nnnn2C2CC2)cc1OC. The van der Waals surface area contributed by atoms with E-state index in [-0.39, 0.29) is 11.7 Å². The molecule has 24 heavy (non-hydrogen) atoms. The van der Waals surface area contributed by atoms with Crippen molar-refractivity contribution >= 4 is 35.0 Å². The molecule has 1 aliphatic rings. The van der Waals surface area contributed by atoms with Gasteiger partial charge in [0.15, 0.2) is 11.5 Å². The molecule has 0 aliphatic heterocycles. The zero-order valence-corrected chi connectivity index (χ0v) is 14.7. The van der Waals surface area contributed by atoms with E-state index in [1.165, 1.54) is 26.0 Å². The molecule has 0 spiro atoms. The molecule has 1 aromatic heterocycles. The molecule has 8 nitrogen and oxygen atoms in total. The highest BCUT2D eigenvalue weighted by atomic mass is 35.5. The summed E-state index contributed by atoms with van der Waals surface area (Å²) in [6.07, 6.45) is 2.15. The van der Waals surface area contributed by atoms with Crippen LogP contribution in [0.4, 0.5) is 5.69 Å². The Morgan fingerprint density at radius 1 is 1.38 bits per heavy atom. The Labute approximate surface area is 147 Å². The molecule has 1 fully saturated rings. The van der Waals surface area contributed by atoms with Crippen molar-refractivity contribution in [3.05, 3.63) is 17.2 Å². The molecule has 1 heterocycles. The lowest BCUT2D eigenvalue weighted by Gasteiger charge is -2.12. The molecule has 0 unspecified atom stereocenters. The average Bonchev–Trinajstić information content (AvgIpc) is 3.32. The number of tetrazole rings is 1. The van der Waals surface area contributed by atoms with E-state index >= 15 is 0 Å². The van der Waals surface area contributed by atoms with Crippen LogP contribution >= 0.6 is 23.4 Å². The van der Waals surface area contributed by atoms with Crippen LogP contribution in [0.3, 0.4) is 0 Å². The predicted molar refractivity (Wildman–Crippen MR) is 90.0 cm³/mol. The Bertz CT molecular complexity index is 750. The van der Waals surface area contributed by atoms with Crippen molar-refractivity contribution in [3.8, 4) is 11.5 Å². The molecule has 1 aliphatic carbocycles. The Morgan fingerprint density at radius 3 is 2.75 bits per heavy atom. The Balaban J connectivity index is 1.63. The molecule has 1 N–H and O–H groups in total. The van der Waals surface area contributed by atoms with Gasteiger partial charge in [-0.2, -0.15) is 0 Å². The molecule has 10 heteroatoms. The van der Waals surface area contributed by atoms with Crippen LogP contribution in [0.25, 0.3) is 0 Å². The number of benzene rings is 1. The van der Waals surface area contributed by atoms with E-state index in [0.717, 1.165) is 12.8 Å². The van der Waals surface area contributed by atoms with E-state index in [4.69, 9.17) is 21.1 Å². The molecule has 0 bridgehead atoms. The second-order valence-corrected chi connectivity index (χ2v) is 6.51. The van der Waals surface area contributed by atoms with Crippen LogP contribution in [0.15, 0.2) is 17.3 Å². The number of thioether (sulfide) groups is 1. The molecule has 2 aromatic rings. The lowest BCUT2D eigenvalue weighted by molar-refractivity contribution is -0.113. The minimum Gasteiger partial charge on any atom is -0.493 e. The summed E-state index contributed by atoms with van der Waals surface area (Å²) in [7, 11) is 3.04. The molecule has 1 aromatic carbocycles. The number of hydrogen-bond donors (Lipinski definition) is 1. The molecular formula is C14H16ClN5O3S. The fraction of sp³-hybridized carbons (Fsp3) is 0.429. The maximum Gasteiger partial charge on any atom is 0.234 e. The standard InChI is InChI=1S/C14H16ClN5O3S/c1-22-11-5-9(15)10(6-12(11)23-2)16-13(21)7-24-14-17-18-19-20(14)8-3-4-8/h5-6,8H,3-4,7H2,1-2H3,(H,16,21). The van der Waals surface area contributed by atoms with E-state index in [1.807, 2.05) is 0 Å². The van der Waals surface area contributed by atoms with Gasteiger partial charge in [-0.25, -0.2) is 4.68 Å². The van der Waals surface area contributed by atoms with Gasteiger partial charge in [-0.3, -0.25) is 4.79 Å². The monoisotopic (exact) mass is 369 g/mol. The third-order valence-electron chi connectivity index (χ3n) is 3.44. The van der Waals surface area contributed by atoms with Crippen molar-refractivity contribution in [1.29, 1.82) is 0 Å². The van der Waals surface area contributed by atoms with Gasteiger partial charge >= 0.3 is 0 Å². The summed E-state index contributed by atoms with van der Waals surface area (Å²) in [5, 5.41) is 15.3. The molecule has 3 rings (SSSR count). The largest absolute Gasteiger partial charge is 0.493 e. The van der Waals surface area contributed by atoms with Gasteiger partial charge in [0.1, 0.15) is 0 Å². The van der Waals surface area contributed by atoms with Crippen LogP contribution in [-0.4, -0.2) is 46.1 Å². The number of carbonyl (C=O) groups is 1. The van der Waals surface area contributed by atoms with Crippen LogP contribution in [0.1, 0.15) is 18.9 Å². The van der Waals surface area contributed by atoms with Crippen LogP contribution in [0, 0.1) is 0 Å². The molecule has 0 saturated heterocycles. The number of nitrogens with one attached hydrogen (secondary N) is 1. The number of rotatable bonds is 7. The number of anilines is 1. The summed E-state index contributed by atoms with van der Waals surface area (Å²) >= 11 is 7.45. The van der Waals surface area contributed by atoms with E-state index in [2.05, 4.69) is 20.8 Å². The average molecular weight is 370 g/mol. The number of ether oxygens (including phenoxy) is 2. The van der Waals surface area contributed by atoms with Gasteiger partial charge in [-0.15, -0.1) is 5.10 Å². The number of methoxy groups -OCH3 is 2. The summed E-state index contributed by atoms with van der Waals surface area (Å²) < 4.78 is 12.1. The van der Waals surface area contributed by atoms with Gasteiger partial charge in [-0.1, -0.05) is 23.4 Å². The second kappa shape index (κ2) is 7.27. The zero-order chi connectivity index (χ0) is 17.1. The van der Waals surface area contributed by atoms with Crippen molar-refractivity contribution in [3.63, 3.8) is 0 Å². The predicted octanol–water partition coefficient (Wildman–Crippen LogP) is 2.41. The first kappa shape index (κ1) is 16.8. The number of carbonyl (C=O) groups excluding carboxylic acids is 1. The van der Waals surface area contributed by atoms with E-state index in [9.17, 15) is 4.79 Å². The van der Waals surface area contributed by atoms with E-state index in [0.29, 0.717) is 33.4 Å². The van der Waals surface area contributed by atoms with E-state index in [1.54, 1.807) is 16.8 Å². The van der Waals surface area contributed by atoms with Crippen molar-refractivity contribution in [1.82, 2.24) is 20.2 Å². The smallest absolute Gasteiger partial charge is 0.234 e. The fourth-order valence-electron chi connectivity index (χ4n) is 2.10. The number of halogens is 1. The third-order valence-corrected chi connectivity index (χ3v) is 4.68. The highest BCUT2D eigenvalue weighted by molar-refractivity contribution is 7.99. The third kappa shape index (κ3) is 3.73. The minimum atomic E-state index is -0.209. The molecule has 0 radical (unpaired) electrons. The molecule has 128 valence electrons. The van der Waals surface area contributed by atoms with E-state index < -0.39 is 0 Å². The van der Waals surface area contributed by atoms with Gasteiger partial charge < -0.3 is 14.8 Å². The van der Waals surface area contributed by atoms with Crippen LogP contribution < -0.4 is 14.8 Å². The van der Waals surface area contributed by atoms with Crippen LogP contribution in [0.5, 0.6) is 11.5 Å². The lowest BCUT2D eigenvalue weighted by atomic mass is 10.2. The first-order chi connectivity index (χ1) is 11.6. The molecular weight excluding hydrogens is 354 g/mol. The molecule has 0 atom stereocenters. The quantitative estimate of drug-likeness (QED) is 0.749. The Morgan fingerprint density at radius 2 is 2.08 bits per heavy atom. The van der Waals surface area contributed by atoms with Gasteiger partial charge in [0.05, 0.1) is 36.7 Å². The maximum absolute atomic E-state index is 12.2. The van der Waals surface area contributed by atoms with Gasteiger partial charge in [0.2, 0.25) is 11.1 Å². The summed E-state index contributed by atoms with van der Waals surface area (Å²) in [6.45, 7) is 0. The minimum absolute atomic E-state index is 0.178. The highest BCUT2D eigenvalue weighted by Gasteiger charge is 2.28. The molecule has 1 amide bonds. The summed E-state index contributed by atoms with van der Waals surface area (Å²) in [6, 6.07) is 3.58. The highest BCUT2D eigenvalue weighted by Crippen LogP contribution is 2.37. The second-order valence-electron chi connectivity index (χ2n) is 5.16. The summed E-state index contributed by atoms with van der Waals surface area (Å²) in [5.41, 5.74) is 0.460. The van der Waals surface area contributed by atoms with Crippen molar-refractivity contribution in [2.45, 2.75) is 24.0 Å². The fourth-order valence-corrected chi connectivity index (χ4v) is 3.04. The first-order valence-corrected chi connectivity index (χ1v) is 8.60. The summed E-state index contributed by atoms with van der Waals surface area (Å²) in [5.74, 6) is 0.957. The van der Waals surface area contributed by atoms with Gasteiger partial charge in [-0.05, 0) is 23.3 Å². The Hall–Kier alpha value is -2.00. The number of nitrogens with zero attached hydrogens (tertiary/aromatic N) is 4. The normalized spacial score (nSPS) is 13.6. The van der Waals surface area contributed by atoms with Crippen molar-refractivity contribution in [2.24, 2.45) is 0 Å². The number of hydrogen-bond acceptors (Lipinski definition) is 7. The number of aromatic nitrogens is 4. The summed E-state index contributed by atoms with van der Waals surface area (Å²) in [4.78, 5) is 12.2. The maximum atomic E-state index is 12.2. The first-order valence-electron chi connectivity index (χ1n) is 7.24. The van der Waals surface area contributed by atoms with Crippen molar-refractivity contribution < 1.29 is 14.3 Å². The van der Waals surface area contributed by atoms with Gasteiger partial charge in [0, 0.05) is 12.1 Å². The Kier molecular flexibility index (Phi) is 5.10. The zero-order valence-electron chi connectivity index (χ0n) is 13.2. The van der Waals surface area contributed by atoms with Crippen molar-refractivity contribution in [2.75, 3.05) is 25.3 Å². The lowest BCUT2D eigenvalue weighted by Crippen LogP contribution is -2.15. The topological polar surface area (TPSA) is 91.2 Å². The van der Waals surface area contributed by atoms with Crippen LogP contribution in [0.2, 0.25) is 5.02 Å². The molecule has 1 saturated carbocycles. The van der Waals surface area contributed by atoms with Gasteiger partial charge in [0.25, 0.3) is 0 Å². The van der Waals surface area contributed by atoms with Crippen LogP contribution in [-0.2, 0) is 4.79 Å². The number of amides is 1.